The van der Waals surface area contributed by atoms with Crippen molar-refractivity contribution in [3.8, 4) is 11.4 Å². The van der Waals surface area contributed by atoms with Crippen LogP contribution in [0.15, 0.2) is 28.8 Å². The van der Waals surface area contributed by atoms with Crippen LogP contribution in [0, 0.1) is 12.8 Å². The molecule has 2 aliphatic rings. The molecule has 110 valence electrons. The Morgan fingerprint density at radius 1 is 1.33 bits per heavy atom. The number of aliphatic hydroxyl groups is 1. The van der Waals surface area contributed by atoms with Crippen molar-refractivity contribution < 1.29 is 9.63 Å². The molecule has 5 nitrogen and oxygen atoms in total. The lowest BCUT2D eigenvalue weighted by Crippen LogP contribution is -2.62. The van der Waals surface area contributed by atoms with E-state index in [1.54, 1.807) is 0 Å². The third kappa shape index (κ3) is 2.36. The predicted molar refractivity (Wildman–Crippen MR) is 77.4 cm³/mol. The van der Waals surface area contributed by atoms with Crippen LogP contribution in [0.2, 0.25) is 0 Å². The Bertz CT molecular complexity index is 657. The van der Waals surface area contributed by atoms with Crippen molar-refractivity contribution in [2.45, 2.75) is 31.9 Å². The number of hydrogen-bond acceptors (Lipinski definition) is 5. The number of likely N-dealkylation sites (tertiary alicyclic amines) is 1. The molecule has 5 heteroatoms. The van der Waals surface area contributed by atoms with Gasteiger partial charge in [0.2, 0.25) is 11.7 Å². The van der Waals surface area contributed by atoms with E-state index in [0.717, 1.165) is 24.2 Å². The standard InChI is InChI=1S/C16H19N3O2/c1-11-4-2-3-5-13(11)15-17-14(21-18-15)8-19-9-16(20,10-19)12-6-7-12/h2-5,12,20H,6-10H2,1H3. The van der Waals surface area contributed by atoms with Crippen LogP contribution in [-0.4, -0.2) is 38.8 Å². The zero-order valence-electron chi connectivity index (χ0n) is 12.1. The Morgan fingerprint density at radius 3 is 2.81 bits per heavy atom. The van der Waals surface area contributed by atoms with Gasteiger partial charge in [-0.1, -0.05) is 29.4 Å². The molecule has 1 aliphatic heterocycles. The summed E-state index contributed by atoms with van der Waals surface area (Å²) in [4.78, 5) is 6.63. The molecule has 0 spiro atoms. The molecule has 0 radical (unpaired) electrons. The van der Waals surface area contributed by atoms with Crippen LogP contribution in [0.4, 0.5) is 0 Å². The molecule has 1 saturated carbocycles. The molecule has 0 amide bonds. The number of nitrogens with zero attached hydrogens (tertiary/aromatic N) is 3. The molecule has 0 unspecified atom stereocenters. The van der Waals surface area contributed by atoms with Gasteiger partial charge in [0, 0.05) is 18.7 Å². The van der Waals surface area contributed by atoms with Gasteiger partial charge in [0.1, 0.15) is 0 Å². The predicted octanol–water partition coefficient (Wildman–Crippen LogP) is 2.00. The maximum Gasteiger partial charge on any atom is 0.241 e. The van der Waals surface area contributed by atoms with Crippen molar-refractivity contribution >= 4 is 0 Å². The summed E-state index contributed by atoms with van der Waals surface area (Å²) in [5.74, 6) is 1.77. The van der Waals surface area contributed by atoms with E-state index >= 15 is 0 Å². The van der Waals surface area contributed by atoms with E-state index in [4.69, 9.17) is 4.52 Å². The topological polar surface area (TPSA) is 62.4 Å². The van der Waals surface area contributed by atoms with Gasteiger partial charge in [-0.05, 0) is 31.2 Å². The maximum absolute atomic E-state index is 10.3. The largest absolute Gasteiger partial charge is 0.387 e. The minimum absolute atomic E-state index is 0.459. The summed E-state index contributed by atoms with van der Waals surface area (Å²) in [5.41, 5.74) is 1.68. The number of β-amino-alcohol motifs (C(OH)–C–C–N with tert-alkyl or cyclic N) is 1. The summed E-state index contributed by atoms with van der Waals surface area (Å²) < 4.78 is 5.34. The van der Waals surface area contributed by atoms with Crippen LogP contribution >= 0.6 is 0 Å². The van der Waals surface area contributed by atoms with Gasteiger partial charge in [0.05, 0.1) is 12.1 Å². The average Bonchev–Trinajstić information content (AvgIpc) is 3.19. The van der Waals surface area contributed by atoms with Gasteiger partial charge in [-0.25, -0.2) is 0 Å². The van der Waals surface area contributed by atoms with E-state index in [1.165, 1.54) is 12.8 Å². The average molecular weight is 285 g/mol. The Hall–Kier alpha value is -1.72. The molecular formula is C16H19N3O2. The molecular weight excluding hydrogens is 266 g/mol. The molecule has 0 atom stereocenters. The number of rotatable bonds is 4. The first kappa shape index (κ1) is 13.0. The highest BCUT2D eigenvalue weighted by molar-refractivity contribution is 5.58. The van der Waals surface area contributed by atoms with Crippen LogP contribution in [-0.2, 0) is 6.54 Å². The van der Waals surface area contributed by atoms with Gasteiger partial charge in [-0.3, -0.25) is 4.90 Å². The van der Waals surface area contributed by atoms with Crippen molar-refractivity contribution in [3.63, 3.8) is 0 Å². The zero-order chi connectivity index (χ0) is 14.4. The molecule has 2 aromatic rings. The lowest BCUT2D eigenvalue weighted by atomic mass is 9.89. The summed E-state index contributed by atoms with van der Waals surface area (Å²) in [5, 5.41) is 14.4. The maximum atomic E-state index is 10.3. The fraction of sp³-hybridized carbons (Fsp3) is 0.500. The third-order valence-corrected chi connectivity index (χ3v) is 4.55. The first-order valence-corrected chi connectivity index (χ1v) is 7.47. The minimum Gasteiger partial charge on any atom is -0.387 e. The van der Waals surface area contributed by atoms with Crippen LogP contribution < -0.4 is 0 Å². The first-order valence-electron chi connectivity index (χ1n) is 7.47. The highest BCUT2D eigenvalue weighted by Crippen LogP contribution is 2.44. The second-order valence-corrected chi connectivity index (χ2v) is 6.35. The van der Waals surface area contributed by atoms with E-state index in [-0.39, 0.29) is 0 Å². The monoisotopic (exact) mass is 285 g/mol. The van der Waals surface area contributed by atoms with Crippen molar-refractivity contribution in [1.29, 1.82) is 0 Å². The molecule has 1 aromatic heterocycles. The number of aromatic nitrogens is 2. The van der Waals surface area contributed by atoms with Crippen LogP contribution in [0.3, 0.4) is 0 Å². The summed E-state index contributed by atoms with van der Waals surface area (Å²) in [6.45, 7) is 4.10. The summed E-state index contributed by atoms with van der Waals surface area (Å²) >= 11 is 0. The van der Waals surface area contributed by atoms with E-state index in [2.05, 4.69) is 15.0 Å². The van der Waals surface area contributed by atoms with Gasteiger partial charge < -0.3 is 9.63 Å². The lowest BCUT2D eigenvalue weighted by Gasteiger charge is -2.46. The number of aryl methyl sites for hydroxylation is 1. The molecule has 1 saturated heterocycles. The quantitative estimate of drug-likeness (QED) is 0.931. The van der Waals surface area contributed by atoms with Crippen LogP contribution in [0.25, 0.3) is 11.4 Å². The summed E-state index contributed by atoms with van der Waals surface area (Å²) in [6, 6.07) is 8.01. The molecule has 1 aliphatic carbocycles. The molecule has 0 bridgehead atoms. The molecule has 2 fully saturated rings. The second-order valence-electron chi connectivity index (χ2n) is 6.35. The van der Waals surface area contributed by atoms with Crippen LogP contribution in [0.5, 0.6) is 0 Å². The zero-order valence-corrected chi connectivity index (χ0v) is 12.1. The summed E-state index contributed by atoms with van der Waals surface area (Å²) in [6.07, 6.45) is 2.34. The SMILES string of the molecule is Cc1ccccc1-c1noc(CN2CC(O)(C3CC3)C2)n1. The Labute approximate surface area is 123 Å². The molecule has 4 rings (SSSR count). The van der Waals surface area contributed by atoms with Gasteiger partial charge in [0.15, 0.2) is 0 Å². The van der Waals surface area contributed by atoms with E-state index in [9.17, 15) is 5.11 Å². The van der Waals surface area contributed by atoms with Gasteiger partial charge in [-0.15, -0.1) is 0 Å². The smallest absolute Gasteiger partial charge is 0.241 e. The molecule has 1 N–H and O–H groups in total. The third-order valence-electron chi connectivity index (χ3n) is 4.55. The lowest BCUT2D eigenvalue weighted by molar-refractivity contribution is -0.119. The van der Waals surface area contributed by atoms with Crippen LogP contribution in [0.1, 0.15) is 24.3 Å². The normalized spacial score (nSPS) is 21.2. The van der Waals surface area contributed by atoms with Gasteiger partial charge in [0.25, 0.3) is 0 Å². The fourth-order valence-corrected chi connectivity index (χ4v) is 3.16. The Morgan fingerprint density at radius 2 is 2.10 bits per heavy atom. The van der Waals surface area contributed by atoms with E-state index in [1.807, 2.05) is 31.2 Å². The highest BCUT2D eigenvalue weighted by Gasteiger charge is 2.51. The summed E-state index contributed by atoms with van der Waals surface area (Å²) in [7, 11) is 0. The van der Waals surface area contributed by atoms with E-state index in [0.29, 0.717) is 24.2 Å². The second kappa shape index (κ2) is 4.64. The minimum atomic E-state index is -0.459. The van der Waals surface area contributed by atoms with E-state index < -0.39 is 5.60 Å². The first-order chi connectivity index (χ1) is 10.1. The molecule has 1 aromatic carbocycles. The molecule has 2 heterocycles. The Balaban J connectivity index is 1.43. The van der Waals surface area contributed by atoms with Crippen molar-refractivity contribution in [2.24, 2.45) is 5.92 Å². The number of hydrogen-bond donors (Lipinski definition) is 1. The fourth-order valence-electron chi connectivity index (χ4n) is 3.16. The highest BCUT2D eigenvalue weighted by atomic mass is 16.5. The Kier molecular flexibility index (Phi) is 2.87. The van der Waals surface area contributed by atoms with Gasteiger partial charge in [-0.2, -0.15) is 4.98 Å². The van der Waals surface area contributed by atoms with Gasteiger partial charge >= 0.3 is 0 Å². The molecule has 21 heavy (non-hydrogen) atoms. The number of benzene rings is 1. The van der Waals surface area contributed by atoms with Crippen molar-refractivity contribution in [3.05, 3.63) is 35.7 Å². The van der Waals surface area contributed by atoms with Crippen molar-refractivity contribution in [1.82, 2.24) is 15.0 Å². The van der Waals surface area contributed by atoms with Crippen molar-refractivity contribution in [2.75, 3.05) is 13.1 Å².